The lowest BCUT2D eigenvalue weighted by atomic mass is 9.87. The van der Waals surface area contributed by atoms with Crippen LogP contribution in [0.3, 0.4) is 0 Å². The van der Waals surface area contributed by atoms with E-state index in [9.17, 15) is 4.39 Å². The monoisotopic (exact) mass is 274 g/mol. The molecule has 0 nitrogen and oxygen atoms in total. The van der Waals surface area contributed by atoms with E-state index in [0.717, 1.165) is 17.9 Å². The summed E-state index contributed by atoms with van der Waals surface area (Å²) in [6.45, 7) is 0. The second kappa shape index (κ2) is 6.06. The molecule has 1 atom stereocenters. The lowest BCUT2D eigenvalue weighted by molar-refractivity contribution is 0.369. The highest BCUT2D eigenvalue weighted by atomic mass is 35.5. The fourth-order valence-corrected chi connectivity index (χ4v) is 3.31. The van der Waals surface area contributed by atoms with Crippen molar-refractivity contribution >= 4 is 23.2 Å². The minimum Gasteiger partial charge on any atom is -0.205 e. The number of benzene rings is 1. The van der Waals surface area contributed by atoms with E-state index in [0.29, 0.717) is 11.8 Å². The van der Waals surface area contributed by atoms with Crippen LogP contribution in [-0.2, 0) is 6.42 Å². The van der Waals surface area contributed by atoms with E-state index < -0.39 is 0 Å². The Kier molecular flexibility index (Phi) is 4.69. The molecule has 1 fully saturated rings. The number of alkyl halides is 1. The molecule has 1 saturated carbocycles. The average molecular weight is 275 g/mol. The maximum atomic E-state index is 13.1. The van der Waals surface area contributed by atoms with Gasteiger partial charge in [0.1, 0.15) is 5.82 Å². The van der Waals surface area contributed by atoms with Gasteiger partial charge >= 0.3 is 0 Å². The summed E-state index contributed by atoms with van der Waals surface area (Å²) in [7, 11) is 0. The lowest BCUT2D eigenvalue weighted by Gasteiger charge is -2.21. The molecule has 1 aromatic carbocycles. The molecule has 1 unspecified atom stereocenters. The highest BCUT2D eigenvalue weighted by Crippen LogP contribution is 2.34. The Bertz CT molecular complexity index is 372. The van der Waals surface area contributed by atoms with Crippen LogP contribution in [0.15, 0.2) is 18.2 Å². The Morgan fingerprint density at radius 1 is 1.29 bits per heavy atom. The maximum Gasteiger partial charge on any atom is 0.141 e. The van der Waals surface area contributed by atoms with Gasteiger partial charge in [-0.15, -0.1) is 11.6 Å². The molecule has 0 aliphatic heterocycles. The van der Waals surface area contributed by atoms with E-state index in [2.05, 4.69) is 0 Å². The van der Waals surface area contributed by atoms with Crippen molar-refractivity contribution in [1.29, 1.82) is 0 Å². The van der Waals surface area contributed by atoms with Gasteiger partial charge in [-0.1, -0.05) is 43.4 Å². The third-order valence-electron chi connectivity index (χ3n) is 3.75. The first-order valence-corrected chi connectivity index (χ1v) is 7.12. The number of rotatable bonds is 4. The third-order valence-corrected chi connectivity index (χ3v) is 4.43. The fraction of sp³-hybridized carbons (Fsp3) is 0.571. The molecular formula is C14H17Cl2F. The zero-order valence-corrected chi connectivity index (χ0v) is 11.3. The summed E-state index contributed by atoms with van der Waals surface area (Å²) in [4.78, 5) is 0. The van der Waals surface area contributed by atoms with Gasteiger partial charge in [0.25, 0.3) is 0 Å². The van der Waals surface area contributed by atoms with Gasteiger partial charge in [0.2, 0.25) is 0 Å². The number of hydrogen-bond acceptors (Lipinski definition) is 0. The summed E-state index contributed by atoms with van der Waals surface area (Å²) in [5.74, 6) is 1.57. The van der Waals surface area contributed by atoms with Crippen LogP contribution in [0.4, 0.5) is 4.39 Å². The molecule has 2 rings (SSSR count). The van der Waals surface area contributed by atoms with E-state index in [-0.39, 0.29) is 10.8 Å². The Morgan fingerprint density at radius 3 is 2.59 bits per heavy atom. The standard InChI is InChI=1S/C14H17Cl2F/c15-9-12(11-3-1-2-4-11)7-10-5-6-14(17)13(16)8-10/h5-6,8,11-12H,1-4,7,9H2. The molecule has 3 heteroatoms. The second-order valence-electron chi connectivity index (χ2n) is 4.91. The first-order valence-electron chi connectivity index (χ1n) is 6.20. The molecule has 1 aromatic rings. The van der Waals surface area contributed by atoms with Crippen LogP contribution in [0.5, 0.6) is 0 Å². The lowest BCUT2D eigenvalue weighted by Crippen LogP contribution is -2.16. The van der Waals surface area contributed by atoms with Gasteiger partial charge in [-0.25, -0.2) is 4.39 Å². The molecule has 0 N–H and O–H groups in total. The van der Waals surface area contributed by atoms with Crippen molar-refractivity contribution in [1.82, 2.24) is 0 Å². The zero-order valence-electron chi connectivity index (χ0n) is 9.76. The van der Waals surface area contributed by atoms with Crippen molar-refractivity contribution < 1.29 is 4.39 Å². The van der Waals surface area contributed by atoms with E-state index in [1.54, 1.807) is 6.07 Å². The number of halogens is 3. The summed E-state index contributed by atoms with van der Waals surface area (Å²) in [6.07, 6.45) is 6.12. The predicted molar refractivity (Wildman–Crippen MR) is 71.3 cm³/mol. The molecule has 1 aliphatic rings. The summed E-state index contributed by atoms with van der Waals surface area (Å²) >= 11 is 11.9. The first kappa shape index (κ1) is 13.2. The van der Waals surface area contributed by atoms with Crippen molar-refractivity contribution in [2.75, 3.05) is 5.88 Å². The van der Waals surface area contributed by atoms with Gasteiger partial charge in [0.15, 0.2) is 0 Å². The second-order valence-corrected chi connectivity index (χ2v) is 5.63. The van der Waals surface area contributed by atoms with Crippen LogP contribution in [-0.4, -0.2) is 5.88 Å². The fourth-order valence-electron chi connectivity index (χ4n) is 2.75. The van der Waals surface area contributed by atoms with Gasteiger partial charge in [-0.2, -0.15) is 0 Å². The molecular weight excluding hydrogens is 258 g/mol. The Hall–Kier alpha value is -0.270. The Morgan fingerprint density at radius 2 is 2.00 bits per heavy atom. The smallest absolute Gasteiger partial charge is 0.141 e. The van der Waals surface area contributed by atoms with E-state index in [1.807, 2.05) is 6.07 Å². The molecule has 1 aliphatic carbocycles. The van der Waals surface area contributed by atoms with E-state index in [1.165, 1.54) is 31.7 Å². The van der Waals surface area contributed by atoms with Gasteiger partial charge < -0.3 is 0 Å². The molecule has 0 radical (unpaired) electrons. The molecule has 0 heterocycles. The average Bonchev–Trinajstić information content (AvgIpc) is 2.84. The minimum atomic E-state index is -0.348. The van der Waals surface area contributed by atoms with Crippen LogP contribution in [0.1, 0.15) is 31.2 Å². The predicted octanol–water partition coefficient (Wildman–Crippen LogP) is 5.07. The van der Waals surface area contributed by atoms with Crippen molar-refractivity contribution in [3.63, 3.8) is 0 Å². The molecule has 0 spiro atoms. The normalized spacial score (nSPS) is 18.5. The first-order chi connectivity index (χ1) is 8.20. The van der Waals surface area contributed by atoms with E-state index in [4.69, 9.17) is 23.2 Å². The van der Waals surface area contributed by atoms with Crippen molar-refractivity contribution in [2.45, 2.75) is 32.1 Å². The molecule has 0 saturated heterocycles. The van der Waals surface area contributed by atoms with E-state index >= 15 is 0 Å². The molecule has 17 heavy (non-hydrogen) atoms. The van der Waals surface area contributed by atoms with Crippen molar-refractivity contribution in [2.24, 2.45) is 11.8 Å². The maximum absolute atomic E-state index is 13.1. The molecule has 0 aromatic heterocycles. The van der Waals surface area contributed by atoms with Crippen molar-refractivity contribution in [3.05, 3.63) is 34.6 Å². The van der Waals surface area contributed by atoms with Crippen molar-refractivity contribution in [3.8, 4) is 0 Å². The molecule has 94 valence electrons. The largest absolute Gasteiger partial charge is 0.205 e. The number of hydrogen-bond donors (Lipinski definition) is 0. The Labute approximate surface area is 112 Å². The van der Waals surface area contributed by atoms with Gasteiger partial charge in [-0.3, -0.25) is 0 Å². The summed E-state index contributed by atoms with van der Waals surface area (Å²) < 4.78 is 13.1. The van der Waals surface area contributed by atoms with Gasteiger partial charge in [0.05, 0.1) is 5.02 Å². The van der Waals surface area contributed by atoms with Crippen LogP contribution >= 0.6 is 23.2 Å². The summed E-state index contributed by atoms with van der Waals surface area (Å²) in [5, 5.41) is 0.210. The SMILES string of the molecule is Fc1ccc(CC(CCl)C2CCCC2)cc1Cl. The molecule has 0 bridgehead atoms. The minimum absolute atomic E-state index is 0.210. The van der Waals surface area contributed by atoms with Gasteiger partial charge in [-0.05, 0) is 36.0 Å². The van der Waals surface area contributed by atoms with Gasteiger partial charge in [0, 0.05) is 5.88 Å². The van der Waals surface area contributed by atoms with Crippen LogP contribution in [0, 0.1) is 17.7 Å². The molecule has 0 amide bonds. The summed E-state index contributed by atoms with van der Waals surface area (Å²) in [6, 6.07) is 4.98. The third kappa shape index (κ3) is 3.35. The van der Waals surface area contributed by atoms with Crippen LogP contribution in [0.25, 0.3) is 0 Å². The van der Waals surface area contributed by atoms with Crippen LogP contribution < -0.4 is 0 Å². The van der Waals surface area contributed by atoms with Crippen LogP contribution in [0.2, 0.25) is 5.02 Å². The topological polar surface area (TPSA) is 0 Å². The summed E-state index contributed by atoms with van der Waals surface area (Å²) in [5.41, 5.74) is 1.09. The Balaban J connectivity index is 2.04. The highest BCUT2D eigenvalue weighted by molar-refractivity contribution is 6.30. The highest BCUT2D eigenvalue weighted by Gasteiger charge is 2.24. The quantitative estimate of drug-likeness (QED) is 0.673. The zero-order chi connectivity index (χ0) is 12.3.